The van der Waals surface area contributed by atoms with E-state index in [2.05, 4.69) is 10.3 Å². The molecule has 3 rings (SSSR count). The maximum atomic E-state index is 12.5. The molecule has 0 radical (unpaired) electrons. The molecule has 2 heterocycles. The Morgan fingerprint density at radius 2 is 1.86 bits per heavy atom. The van der Waals surface area contributed by atoms with Crippen LogP contribution in [0.15, 0.2) is 18.2 Å². The number of H-pyrrole nitrogens is 1. The number of hydrogen-bond acceptors (Lipinski definition) is 6. The van der Waals surface area contributed by atoms with Gasteiger partial charge >= 0.3 is 5.97 Å². The van der Waals surface area contributed by atoms with Crippen molar-refractivity contribution in [2.45, 2.75) is 39.9 Å². The van der Waals surface area contributed by atoms with Gasteiger partial charge in [-0.1, -0.05) is 0 Å². The molecule has 0 spiro atoms. The quantitative estimate of drug-likeness (QED) is 0.680. The average molecular weight is 388 g/mol. The van der Waals surface area contributed by atoms with Crippen molar-refractivity contribution in [1.29, 1.82) is 0 Å². The molecule has 0 fully saturated rings. The molecule has 28 heavy (non-hydrogen) atoms. The van der Waals surface area contributed by atoms with E-state index in [-0.39, 0.29) is 5.69 Å². The standard InChI is InChI=1S/C20H24N2O6/c1-10-17(12(3)23)11(2)21-18(10)20(25)28-13(4)19(24)22-14-5-6-15-16(9-14)27-8-7-26-15/h5-6,9,12-13,21,23H,7-8H2,1-4H3,(H,22,24)/t12-,13+/m1/s1. The van der Waals surface area contributed by atoms with Crippen LogP contribution in [0.3, 0.4) is 0 Å². The molecule has 8 nitrogen and oxygen atoms in total. The number of benzene rings is 1. The van der Waals surface area contributed by atoms with Crippen LogP contribution in [0.5, 0.6) is 11.5 Å². The highest BCUT2D eigenvalue weighted by Gasteiger charge is 2.25. The lowest BCUT2D eigenvalue weighted by molar-refractivity contribution is -0.123. The second-order valence-electron chi connectivity index (χ2n) is 6.73. The SMILES string of the molecule is Cc1[nH]c(C(=O)O[C@@H](C)C(=O)Nc2ccc3c(c2)OCCO3)c(C)c1[C@@H](C)O. The first kappa shape index (κ1) is 19.8. The normalized spacial score (nSPS) is 14.9. The van der Waals surface area contributed by atoms with Crippen LogP contribution in [-0.4, -0.2) is 41.3 Å². The first-order valence-corrected chi connectivity index (χ1v) is 9.06. The van der Waals surface area contributed by atoms with Crippen molar-refractivity contribution in [3.05, 3.63) is 40.7 Å². The van der Waals surface area contributed by atoms with Crippen LogP contribution in [0.2, 0.25) is 0 Å². The van der Waals surface area contributed by atoms with Crippen molar-refractivity contribution in [1.82, 2.24) is 4.98 Å². The van der Waals surface area contributed by atoms with Gasteiger partial charge in [0.15, 0.2) is 17.6 Å². The summed E-state index contributed by atoms with van der Waals surface area (Å²) >= 11 is 0. The number of carbonyl (C=O) groups is 2. The topological polar surface area (TPSA) is 110 Å². The summed E-state index contributed by atoms with van der Waals surface area (Å²) in [6, 6.07) is 5.06. The first-order valence-electron chi connectivity index (χ1n) is 9.06. The minimum Gasteiger partial charge on any atom is -0.486 e. The highest BCUT2D eigenvalue weighted by atomic mass is 16.6. The zero-order chi connectivity index (χ0) is 20.4. The first-order chi connectivity index (χ1) is 13.3. The number of esters is 1. The number of aryl methyl sites for hydroxylation is 1. The summed E-state index contributed by atoms with van der Waals surface area (Å²) in [6.07, 6.45) is -1.73. The Labute approximate surface area is 162 Å². The Kier molecular flexibility index (Phi) is 5.60. The lowest BCUT2D eigenvalue weighted by atomic mass is 10.1. The van der Waals surface area contributed by atoms with Crippen molar-refractivity contribution < 1.29 is 28.9 Å². The van der Waals surface area contributed by atoms with Crippen LogP contribution >= 0.6 is 0 Å². The van der Waals surface area contributed by atoms with Gasteiger partial charge in [0, 0.05) is 23.0 Å². The molecule has 8 heteroatoms. The van der Waals surface area contributed by atoms with Crippen LogP contribution < -0.4 is 14.8 Å². The lowest BCUT2D eigenvalue weighted by Crippen LogP contribution is -2.30. The summed E-state index contributed by atoms with van der Waals surface area (Å²) in [5.41, 5.74) is 2.69. The number of aliphatic hydroxyl groups is 1. The van der Waals surface area contributed by atoms with Gasteiger partial charge in [0.25, 0.3) is 5.91 Å². The van der Waals surface area contributed by atoms with Gasteiger partial charge in [0.1, 0.15) is 18.9 Å². The summed E-state index contributed by atoms with van der Waals surface area (Å²) in [6.45, 7) is 7.54. The number of aliphatic hydroxyl groups excluding tert-OH is 1. The maximum Gasteiger partial charge on any atom is 0.355 e. The monoisotopic (exact) mass is 388 g/mol. The van der Waals surface area contributed by atoms with Gasteiger partial charge in [-0.2, -0.15) is 0 Å². The van der Waals surface area contributed by atoms with E-state index in [0.717, 1.165) is 0 Å². The van der Waals surface area contributed by atoms with Crippen molar-refractivity contribution in [2.24, 2.45) is 0 Å². The highest BCUT2D eigenvalue weighted by molar-refractivity contribution is 5.97. The molecule has 150 valence electrons. The fourth-order valence-electron chi connectivity index (χ4n) is 3.23. The predicted octanol–water partition coefficient (Wildman–Crippen LogP) is 2.64. The molecular formula is C20H24N2O6. The minimum absolute atomic E-state index is 0.229. The van der Waals surface area contributed by atoms with Gasteiger partial charge in [-0.05, 0) is 45.4 Å². The van der Waals surface area contributed by atoms with Crippen LogP contribution in [0, 0.1) is 13.8 Å². The molecule has 3 N–H and O–H groups in total. The fraction of sp³-hybridized carbons (Fsp3) is 0.400. The molecule has 0 bridgehead atoms. The van der Waals surface area contributed by atoms with Crippen molar-refractivity contribution in [3.63, 3.8) is 0 Å². The highest BCUT2D eigenvalue weighted by Crippen LogP contribution is 2.32. The van der Waals surface area contributed by atoms with E-state index in [0.29, 0.717) is 47.2 Å². The second kappa shape index (κ2) is 7.93. The number of ether oxygens (including phenoxy) is 3. The number of nitrogens with one attached hydrogen (secondary N) is 2. The van der Waals surface area contributed by atoms with Crippen LogP contribution in [0.25, 0.3) is 0 Å². The smallest absolute Gasteiger partial charge is 0.355 e. The molecule has 0 aliphatic carbocycles. The summed E-state index contributed by atoms with van der Waals surface area (Å²) < 4.78 is 16.2. The van der Waals surface area contributed by atoms with Gasteiger partial charge in [-0.25, -0.2) is 4.79 Å². The molecular weight excluding hydrogens is 364 g/mol. The Morgan fingerprint density at radius 1 is 1.18 bits per heavy atom. The Morgan fingerprint density at radius 3 is 2.50 bits per heavy atom. The Bertz CT molecular complexity index is 902. The molecule has 1 aliphatic heterocycles. The molecule has 2 atom stereocenters. The summed E-state index contributed by atoms with van der Waals surface area (Å²) in [5, 5.41) is 12.5. The van der Waals surface area contributed by atoms with Crippen molar-refractivity contribution in [3.8, 4) is 11.5 Å². The number of amides is 1. The number of rotatable bonds is 5. The molecule has 1 aromatic heterocycles. The van der Waals surface area contributed by atoms with E-state index in [1.165, 1.54) is 6.92 Å². The Hall–Kier alpha value is -3.00. The molecule has 0 saturated carbocycles. The summed E-state index contributed by atoms with van der Waals surface area (Å²) in [7, 11) is 0. The third-order valence-electron chi connectivity index (χ3n) is 4.58. The van der Waals surface area contributed by atoms with Crippen molar-refractivity contribution in [2.75, 3.05) is 18.5 Å². The Balaban J connectivity index is 1.66. The van der Waals surface area contributed by atoms with Crippen LogP contribution in [0.4, 0.5) is 5.69 Å². The van der Waals surface area contributed by atoms with Crippen LogP contribution in [0.1, 0.15) is 47.3 Å². The van der Waals surface area contributed by atoms with E-state index >= 15 is 0 Å². The molecule has 1 aliphatic rings. The van der Waals surface area contributed by atoms with E-state index in [1.807, 2.05) is 0 Å². The summed E-state index contributed by atoms with van der Waals surface area (Å²) in [5.74, 6) is 0.0473. The van der Waals surface area contributed by atoms with Gasteiger partial charge < -0.3 is 29.6 Å². The second-order valence-corrected chi connectivity index (χ2v) is 6.73. The fourth-order valence-corrected chi connectivity index (χ4v) is 3.23. The minimum atomic E-state index is -1.02. The number of anilines is 1. The van der Waals surface area contributed by atoms with E-state index in [9.17, 15) is 14.7 Å². The molecule has 2 aromatic rings. The average Bonchev–Trinajstić information content (AvgIpc) is 2.96. The number of carbonyl (C=O) groups excluding carboxylic acids is 2. The van der Waals surface area contributed by atoms with Gasteiger partial charge in [0.05, 0.1) is 6.10 Å². The zero-order valence-electron chi connectivity index (χ0n) is 16.3. The van der Waals surface area contributed by atoms with Gasteiger partial charge in [0.2, 0.25) is 0 Å². The number of hydrogen-bond donors (Lipinski definition) is 3. The summed E-state index contributed by atoms with van der Waals surface area (Å²) in [4.78, 5) is 27.8. The molecule has 1 aromatic carbocycles. The predicted molar refractivity (Wildman–Crippen MR) is 102 cm³/mol. The van der Waals surface area contributed by atoms with Gasteiger partial charge in [-0.3, -0.25) is 4.79 Å². The largest absolute Gasteiger partial charge is 0.486 e. The third kappa shape index (κ3) is 3.96. The van der Waals surface area contributed by atoms with E-state index in [4.69, 9.17) is 14.2 Å². The zero-order valence-corrected chi connectivity index (χ0v) is 16.3. The van der Waals surface area contributed by atoms with Crippen LogP contribution in [-0.2, 0) is 9.53 Å². The molecule has 0 saturated heterocycles. The molecule has 0 unspecified atom stereocenters. The van der Waals surface area contributed by atoms with Crippen molar-refractivity contribution >= 4 is 17.6 Å². The lowest BCUT2D eigenvalue weighted by Gasteiger charge is -2.19. The number of aromatic nitrogens is 1. The number of aromatic amines is 1. The van der Waals surface area contributed by atoms with E-state index < -0.39 is 24.1 Å². The third-order valence-corrected chi connectivity index (χ3v) is 4.58. The van der Waals surface area contributed by atoms with E-state index in [1.54, 1.807) is 39.0 Å². The van der Waals surface area contributed by atoms with Gasteiger partial charge in [-0.15, -0.1) is 0 Å². The number of fused-ring (bicyclic) bond motifs is 1. The molecule has 1 amide bonds. The maximum absolute atomic E-state index is 12.5.